The molecular formula is C20H22FNO6S. The van der Waals surface area contributed by atoms with Crippen LogP contribution in [-0.4, -0.2) is 25.8 Å². The molecule has 0 aliphatic carbocycles. The quantitative estimate of drug-likeness (QED) is 0.463. The van der Waals surface area contributed by atoms with Crippen LogP contribution < -0.4 is 15.7 Å². The van der Waals surface area contributed by atoms with E-state index >= 15 is 0 Å². The largest absolute Gasteiger partial charge is 0.489 e. The van der Waals surface area contributed by atoms with Crippen LogP contribution in [0.25, 0.3) is 11.0 Å². The smallest absolute Gasteiger partial charge is 0.336 e. The molecule has 0 aliphatic heterocycles. The molecule has 0 aliphatic rings. The van der Waals surface area contributed by atoms with Gasteiger partial charge in [-0.2, -0.15) is 8.42 Å². The molecule has 0 amide bonds. The Labute approximate surface area is 167 Å². The maximum atomic E-state index is 13.2. The Morgan fingerprint density at radius 2 is 1.90 bits per heavy atom. The summed E-state index contributed by atoms with van der Waals surface area (Å²) in [7, 11) is -3.67. The molecule has 0 bridgehead atoms. The van der Waals surface area contributed by atoms with Crippen LogP contribution in [0.15, 0.2) is 57.7 Å². The molecule has 1 aromatic heterocycles. The Morgan fingerprint density at radius 3 is 2.55 bits per heavy atom. The normalized spacial score (nSPS) is 11.0. The molecule has 0 spiro atoms. The predicted octanol–water partition coefficient (Wildman–Crippen LogP) is 3.12. The Balaban J connectivity index is 0.000000537. The zero-order chi connectivity index (χ0) is 21.4. The Kier molecular flexibility index (Phi) is 7.89. The molecule has 0 radical (unpaired) electrons. The lowest BCUT2D eigenvalue weighted by Gasteiger charge is -2.09. The average Bonchev–Trinajstić information content (AvgIpc) is 2.62. The van der Waals surface area contributed by atoms with E-state index in [9.17, 15) is 17.6 Å². The maximum absolute atomic E-state index is 13.2. The van der Waals surface area contributed by atoms with Gasteiger partial charge >= 0.3 is 5.63 Å². The van der Waals surface area contributed by atoms with Crippen LogP contribution in [0, 0.1) is 5.82 Å². The summed E-state index contributed by atoms with van der Waals surface area (Å²) in [5.41, 5.74) is 1.71. The SMILES string of the molecule is CCNCc1cc(=O)oc2cc(OCc3cccc(F)c3)ccc12.CS(=O)(=O)O. The van der Waals surface area contributed by atoms with E-state index in [1.54, 1.807) is 18.2 Å². The molecule has 0 fully saturated rings. The fraction of sp³-hybridized carbons (Fsp3) is 0.250. The number of hydrogen-bond acceptors (Lipinski definition) is 6. The first-order chi connectivity index (χ1) is 13.7. The molecule has 156 valence electrons. The summed E-state index contributed by atoms with van der Waals surface area (Å²) in [6.45, 7) is 3.66. The van der Waals surface area contributed by atoms with E-state index in [1.807, 2.05) is 19.1 Å². The highest BCUT2D eigenvalue weighted by molar-refractivity contribution is 7.85. The molecule has 9 heteroatoms. The zero-order valence-corrected chi connectivity index (χ0v) is 16.8. The van der Waals surface area contributed by atoms with Crippen molar-refractivity contribution in [3.05, 3.63) is 75.9 Å². The topological polar surface area (TPSA) is 106 Å². The lowest BCUT2D eigenvalue weighted by Crippen LogP contribution is -2.14. The molecule has 1 heterocycles. The number of hydrogen-bond donors (Lipinski definition) is 2. The number of halogens is 1. The van der Waals surface area contributed by atoms with Crippen LogP contribution in [0.1, 0.15) is 18.1 Å². The molecule has 0 unspecified atom stereocenters. The van der Waals surface area contributed by atoms with Crippen LogP contribution in [-0.2, 0) is 23.3 Å². The third kappa shape index (κ3) is 8.02. The van der Waals surface area contributed by atoms with E-state index in [0.29, 0.717) is 24.1 Å². The molecule has 3 aromatic rings. The molecule has 0 atom stereocenters. The summed E-state index contributed by atoms with van der Waals surface area (Å²) in [5, 5.41) is 4.07. The van der Waals surface area contributed by atoms with Gasteiger partial charge in [0.15, 0.2) is 0 Å². The van der Waals surface area contributed by atoms with Crippen LogP contribution in [0.4, 0.5) is 4.39 Å². The zero-order valence-electron chi connectivity index (χ0n) is 16.0. The Morgan fingerprint density at radius 1 is 1.17 bits per heavy atom. The van der Waals surface area contributed by atoms with Crippen LogP contribution in [0.5, 0.6) is 5.75 Å². The van der Waals surface area contributed by atoms with E-state index in [0.717, 1.165) is 23.1 Å². The number of fused-ring (bicyclic) bond motifs is 1. The highest BCUT2D eigenvalue weighted by atomic mass is 32.2. The first-order valence-electron chi connectivity index (χ1n) is 8.73. The van der Waals surface area contributed by atoms with E-state index in [4.69, 9.17) is 13.7 Å². The molecule has 0 saturated heterocycles. The molecule has 0 saturated carbocycles. The number of rotatable bonds is 6. The van der Waals surface area contributed by atoms with Crippen molar-refractivity contribution in [1.82, 2.24) is 5.32 Å². The highest BCUT2D eigenvalue weighted by Crippen LogP contribution is 2.23. The van der Waals surface area contributed by atoms with Gasteiger partial charge in [0.2, 0.25) is 0 Å². The first kappa shape index (κ1) is 22.5. The number of ether oxygens (including phenoxy) is 1. The summed E-state index contributed by atoms with van der Waals surface area (Å²) in [6, 6.07) is 13.1. The summed E-state index contributed by atoms with van der Waals surface area (Å²) >= 11 is 0. The van der Waals surface area contributed by atoms with Gasteiger partial charge in [-0.05, 0) is 41.9 Å². The van der Waals surface area contributed by atoms with Crippen LogP contribution >= 0.6 is 0 Å². The van der Waals surface area contributed by atoms with Gasteiger partial charge in [0, 0.05) is 24.1 Å². The highest BCUT2D eigenvalue weighted by Gasteiger charge is 2.07. The molecule has 2 N–H and O–H groups in total. The van der Waals surface area contributed by atoms with Gasteiger partial charge in [-0.25, -0.2) is 9.18 Å². The van der Waals surface area contributed by atoms with Gasteiger partial charge in [0.05, 0.1) is 6.26 Å². The Bertz CT molecular complexity index is 1120. The van der Waals surface area contributed by atoms with Crippen molar-refractivity contribution >= 4 is 21.1 Å². The monoisotopic (exact) mass is 423 g/mol. The van der Waals surface area contributed by atoms with Gasteiger partial charge < -0.3 is 14.5 Å². The van der Waals surface area contributed by atoms with Crippen molar-refractivity contribution < 1.29 is 26.5 Å². The number of nitrogens with one attached hydrogen (secondary N) is 1. The fourth-order valence-electron chi connectivity index (χ4n) is 2.50. The van der Waals surface area contributed by atoms with Gasteiger partial charge in [0.1, 0.15) is 23.8 Å². The van der Waals surface area contributed by atoms with Crippen molar-refractivity contribution in [2.45, 2.75) is 20.1 Å². The maximum Gasteiger partial charge on any atom is 0.336 e. The van der Waals surface area contributed by atoms with E-state index in [1.165, 1.54) is 18.2 Å². The van der Waals surface area contributed by atoms with Gasteiger partial charge in [-0.15, -0.1) is 0 Å². The minimum absolute atomic E-state index is 0.241. The second-order valence-electron chi connectivity index (χ2n) is 6.18. The second-order valence-corrected chi connectivity index (χ2v) is 7.65. The van der Waals surface area contributed by atoms with Crippen molar-refractivity contribution in [3.63, 3.8) is 0 Å². The van der Waals surface area contributed by atoms with E-state index < -0.39 is 15.7 Å². The summed E-state index contributed by atoms with van der Waals surface area (Å²) in [4.78, 5) is 11.7. The van der Waals surface area contributed by atoms with Crippen molar-refractivity contribution in [2.75, 3.05) is 12.8 Å². The van der Waals surface area contributed by atoms with Gasteiger partial charge in [0.25, 0.3) is 10.1 Å². The van der Waals surface area contributed by atoms with Crippen LogP contribution in [0.2, 0.25) is 0 Å². The summed E-state index contributed by atoms with van der Waals surface area (Å²) < 4.78 is 50.0. The van der Waals surface area contributed by atoms with Crippen molar-refractivity contribution in [3.8, 4) is 5.75 Å². The minimum atomic E-state index is -3.67. The summed E-state index contributed by atoms with van der Waals surface area (Å²) in [5.74, 6) is 0.268. The minimum Gasteiger partial charge on any atom is -0.489 e. The van der Waals surface area contributed by atoms with E-state index in [-0.39, 0.29) is 12.4 Å². The third-order valence-electron chi connectivity index (χ3n) is 3.66. The average molecular weight is 423 g/mol. The molecular weight excluding hydrogens is 401 g/mol. The number of benzene rings is 2. The van der Waals surface area contributed by atoms with E-state index in [2.05, 4.69) is 5.32 Å². The lowest BCUT2D eigenvalue weighted by molar-refractivity contribution is 0.305. The van der Waals surface area contributed by atoms with Crippen molar-refractivity contribution in [1.29, 1.82) is 0 Å². The molecule has 3 rings (SSSR count). The molecule has 7 nitrogen and oxygen atoms in total. The van der Waals surface area contributed by atoms with Gasteiger partial charge in [-0.3, -0.25) is 4.55 Å². The molecule has 2 aromatic carbocycles. The summed E-state index contributed by atoms with van der Waals surface area (Å²) in [6.07, 6.45) is 0.715. The third-order valence-corrected chi connectivity index (χ3v) is 3.66. The molecule has 29 heavy (non-hydrogen) atoms. The van der Waals surface area contributed by atoms with Crippen LogP contribution in [0.3, 0.4) is 0 Å². The lowest BCUT2D eigenvalue weighted by atomic mass is 10.1. The fourth-order valence-corrected chi connectivity index (χ4v) is 2.50. The predicted molar refractivity (Wildman–Crippen MR) is 108 cm³/mol. The van der Waals surface area contributed by atoms with Gasteiger partial charge in [-0.1, -0.05) is 19.1 Å². The van der Waals surface area contributed by atoms with Crippen molar-refractivity contribution in [2.24, 2.45) is 0 Å². The second kappa shape index (κ2) is 10.1. The first-order valence-corrected chi connectivity index (χ1v) is 10.6. The standard InChI is InChI=1S/C19H18FNO3.CH4O3S/c1-2-21-11-14-9-19(22)24-18-10-16(6-7-17(14)18)23-12-13-4-3-5-15(20)8-13;1-5(2,3)4/h3-10,21H,2,11-12H2,1H3;1H3,(H,2,3,4). The Hall–Kier alpha value is -2.75.